The summed E-state index contributed by atoms with van der Waals surface area (Å²) in [5.74, 6) is -0.205. The third kappa shape index (κ3) is 4.85. The molecule has 0 radical (unpaired) electrons. The van der Waals surface area contributed by atoms with E-state index in [1.165, 1.54) is 16.7 Å². The van der Waals surface area contributed by atoms with Crippen LogP contribution in [0.25, 0.3) is 10.9 Å². The summed E-state index contributed by atoms with van der Waals surface area (Å²) in [5.41, 5.74) is 0.804. The van der Waals surface area contributed by atoms with E-state index in [1.54, 1.807) is 67.6 Å². The highest BCUT2D eigenvalue weighted by Gasteiger charge is 2.14. The molecule has 0 atom stereocenters. The van der Waals surface area contributed by atoms with Gasteiger partial charge in [-0.25, -0.2) is 9.18 Å². The van der Waals surface area contributed by atoms with Crippen LogP contribution >= 0.6 is 0 Å². The number of fused-ring (bicyclic) bond motifs is 1. The van der Waals surface area contributed by atoms with E-state index in [9.17, 15) is 18.8 Å². The molecule has 33 heavy (non-hydrogen) atoms. The molecule has 4 aromatic rings. The smallest absolute Gasteiger partial charge is 0.331 e. The Bertz CT molecular complexity index is 1420. The van der Waals surface area contributed by atoms with Crippen LogP contribution in [0, 0.1) is 5.82 Å². The number of nitrogens with one attached hydrogen (secondary N) is 1. The molecular weight excluding hydrogens is 425 g/mol. The number of carbonyl (C=O) groups is 1. The maximum Gasteiger partial charge on any atom is 0.331 e. The average Bonchev–Trinajstić information content (AvgIpc) is 2.82. The van der Waals surface area contributed by atoms with Gasteiger partial charge in [-0.15, -0.1) is 0 Å². The minimum Gasteiger partial charge on any atom is -0.489 e. The van der Waals surface area contributed by atoms with Crippen molar-refractivity contribution in [2.24, 2.45) is 0 Å². The predicted molar refractivity (Wildman–Crippen MR) is 124 cm³/mol. The predicted octanol–water partition coefficient (Wildman–Crippen LogP) is 3.54. The number of anilines is 1. The fourth-order valence-electron chi connectivity index (χ4n) is 3.56. The summed E-state index contributed by atoms with van der Waals surface area (Å²) in [7, 11) is 0. The monoisotopic (exact) mass is 447 g/mol. The molecule has 1 heterocycles. The van der Waals surface area contributed by atoms with E-state index in [4.69, 9.17) is 4.74 Å². The topological polar surface area (TPSA) is 82.3 Å². The molecule has 0 saturated carbocycles. The molecule has 1 N–H and O–H groups in total. The highest BCUT2D eigenvalue weighted by atomic mass is 19.1. The van der Waals surface area contributed by atoms with Gasteiger partial charge >= 0.3 is 5.69 Å². The molecule has 7 nitrogen and oxygen atoms in total. The van der Waals surface area contributed by atoms with Crippen molar-refractivity contribution in [1.29, 1.82) is 0 Å². The number of aromatic nitrogens is 2. The van der Waals surface area contributed by atoms with Gasteiger partial charge in [-0.2, -0.15) is 0 Å². The van der Waals surface area contributed by atoms with Crippen LogP contribution < -0.4 is 21.3 Å². The highest BCUT2D eigenvalue weighted by Crippen LogP contribution is 2.19. The molecule has 0 aliphatic heterocycles. The van der Waals surface area contributed by atoms with Gasteiger partial charge in [0.1, 0.15) is 24.7 Å². The van der Waals surface area contributed by atoms with Crippen molar-refractivity contribution >= 4 is 22.5 Å². The lowest BCUT2D eigenvalue weighted by molar-refractivity contribution is -0.116. The summed E-state index contributed by atoms with van der Waals surface area (Å²) in [6.07, 6.45) is 0. The highest BCUT2D eigenvalue weighted by molar-refractivity contribution is 5.91. The number of nitrogens with zero attached hydrogens (tertiary/aromatic N) is 2. The van der Waals surface area contributed by atoms with Crippen LogP contribution in [0.1, 0.15) is 12.5 Å². The lowest BCUT2D eigenvalue weighted by Crippen LogP contribution is -2.41. The number of ether oxygens (including phenoxy) is 1. The Hall–Kier alpha value is -4.20. The molecule has 0 unspecified atom stereocenters. The minimum atomic E-state index is -0.535. The molecular formula is C25H22FN3O4. The molecule has 0 fully saturated rings. The van der Waals surface area contributed by atoms with Crippen LogP contribution in [-0.4, -0.2) is 15.0 Å². The molecule has 0 aliphatic carbocycles. The third-order valence-electron chi connectivity index (χ3n) is 5.19. The molecule has 168 valence electrons. The van der Waals surface area contributed by atoms with E-state index in [0.29, 0.717) is 22.3 Å². The van der Waals surface area contributed by atoms with Crippen molar-refractivity contribution < 1.29 is 13.9 Å². The molecule has 0 bridgehead atoms. The lowest BCUT2D eigenvalue weighted by Gasteiger charge is -2.14. The van der Waals surface area contributed by atoms with Gasteiger partial charge in [-0.1, -0.05) is 30.3 Å². The SMILES string of the molecule is CCn1c(=O)c2ccccc2n(CC(=O)Nc2cccc(OCc3ccc(F)cc3)c2)c1=O. The van der Waals surface area contributed by atoms with Gasteiger partial charge in [0.15, 0.2) is 0 Å². The quantitative estimate of drug-likeness (QED) is 0.470. The van der Waals surface area contributed by atoms with Gasteiger partial charge in [0.25, 0.3) is 5.56 Å². The van der Waals surface area contributed by atoms with Crippen LogP contribution in [0.3, 0.4) is 0 Å². The van der Waals surface area contributed by atoms with E-state index >= 15 is 0 Å². The van der Waals surface area contributed by atoms with E-state index in [2.05, 4.69) is 5.32 Å². The van der Waals surface area contributed by atoms with Crippen LogP contribution in [0.2, 0.25) is 0 Å². The normalized spacial score (nSPS) is 10.8. The van der Waals surface area contributed by atoms with Crippen LogP contribution in [0.5, 0.6) is 5.75 Å². The second-order valence-corrected chi connectivity index (χ2v) is 7.43. The zero-order chi connectivity index (χ0) is 23.4. The molecule has 1 aromatic heterocycles. The average molecular weight is 447 g/mol. The number of rotatable bonds is 7. The van der Waals surface area contributed by atoms with Gasteiger partial charge in [0.2, 0.25) is 5.91 Å². The van der Waals surface area contributed by atoms with Crippen molar-refractivity contribution in [1.82, 2.24) is 9.13 Å². The first-order valence-corrected chi connectivity index (χ1v) is 10.5. The molecule has 0 aliphatic rings. The Labute approximate surface area is 188 Å². The van der Waals surface area contributed by atoms with E-state index < -0.39 is 11.6 Å². The Balaban J connectivity index is 1.51. The first-order valence-electron chi connectivity index (χ1n) is 10.5. The summed E-state index contributed by atoms with van der Waals surface area (Å²) >= 11 is 0. The summed E-state index contributed by atoms with van der Waals surface area (Å²) in [4.78, 5) is 38.1. The van der Waals surface area contributed by atoms with Crippen molar-refractivity contribution in [2.75, 3.05) is 5.32 Å². The summed E-state index contributed by atoms with van der Waals surface area (Å²) in [5, 5.41) is 3.14. The summed E-state index contributed by atoms with van der Waals surface area (Å²) < 4.78 is 21.2. The molecule has 8 heteroatoms. The fourth-order valence-corrected chi connectivity index (χ4v) is 3.56. The van der Waals surface area contributed by atoms with Crippen molar-refractivity contribution in [3.05, 3.63) is 105 Å². The Kier molecular flexibility index (Phi) is 6.35. The van der Waals surface area contributed by atoms with Gasteiger partial charge in [0.05, 0.1) is 10.9 Å². The van der Waals surface area contributed by atoms with Crippen LogP contribution in [0.4, 0.5) is 10.1 Å². The van der Waals surface area contributed by atoms with Crippen LogP contribution in [0.15, 0.2) is 82.4 Å². The zero-order valence-corrected chi connectivity index (χ0v) is 18.0. The standard InChI is InChI=1S/C25H22FN3O4/c1-2-28-24(31)21-8-3-4-9-22(21)29(25(28)32)15-23(30)27-19-6-5-7-20(14-19)33-16-17-10-12-18(26)13-11-17/h3-14H,2,15-16H2,1H3,(H,27,30). The van der Waals surface area contributed by atoms with Gasteiger partial charge < -0.3 is 10.1 Å². The van der Waals surface area contributed by atoms with E-state index in [1.807, 2.05) is 0 Å². The van der Waals surface area contributed by atoms with Crippen molar-refractivity contribution in [2.45, 2.75) is 26.6 Å². The lowest BCUT2D eigenvalue weighted by atomic mass is 10.2. The zero-order valence-electron chi connectivity index (χ0n) is 18.0. The Morgan fingerprint density at radius 1 is 0.970 bits per heavy atom. The summed E-state index contributed by atoms with van der Waals surface area (Å²) in [6, 6.07) is 19.6. The number of hydrogen-bond donors (Lipinski definition) is 1. The van der Waals surface area contributed by atoms with E-state index in [0.717, 1.165) is 10.1 Å². The van der Waals surface area contributed by atoms with Crippen molar-refractivity contribution in [3.63, 3.8) is 0 Å². The number of carbonyl (C=O) groups excluding carboxylic acids is 1. The van der Waals surface area contributed by atoms with Crippen LogP contribution in [-0.2, 0) is 24.5 Å². The fraction of sp³-hybridized carbons (Fsp3) is 0.160. The molecule has 0 saturated heterocycles. The second kappa shape index (κ2) is 9.52. The molecule has 0 spiro atoms. The molecule has 3 aromatic carbocycles. The molecule has 1 amide bonds. The van der Waals surface area contributed by atoms with Crippen molar-refractivity contribution in [3.8, 4) is 5.75 Å². The molecule has 4 rings (SSSR count). The van der Waals surface area contributed by atoms with E-state index in [-0.39, 0.29) is 31.1 Å². The number of benzene rings is 3. The van der Waals surface area contributed by atoms with Gasteiger partial charge in [0, 0.05) is 18.3 Å². The Morgan fingerprint density at radius 2 is 1.73 bits per heavy atom. The largest absolute Gasteiger partial charge is 0.489 e. The third-order valence-corrected chi connectivity index (χ3v) is 5.19. The number of halogens is 1. The maximum atomic E-state index is 13.0. The maximum absolute atomic E-state index is 13.0. The summed E-state index contributed by atoms with van der Waals surface area (Å²) in [6.45, 7) is 1.91. The Morgan fingerprint density at radius 3 is 2.48 bits per heavy atom. The minimum absolute atomic E-state index is 0.206. The first-order chi connectivity index (χ1) is 16.0. The number of para-hydroxylation sites is 1. The number of amides is 1. The first kappa shape index (κ1) is 22.0. The van der Waals surface area contributed by atoms with Gasteiger partial charge in [-0.3, -0.25) is 18.7 Å². The van der Waals surface area contributed by atoms with Gasteiger partial charge in [-0.05, 0) is 48.9 Å². The number of hydrogen-bond acceptors (Lipinski definition) is 4. The second-order valence-electron chi connectivity index (χ2n) is 7.43.